The molecular formula is C19H17ClN4O3. The molecule has 3 aromatic rings. The minimum Gasteiger partial charge on any atom is -0.449 e. The van der Waals surface area contributed by atoms with E-state index >= 15 is 0 Å². The molecule has 8 heteroatoms. The third-order valence-corrected chi connectivity index (χ3v) is 5.04. The number of aryl methyl sites for hydroxylation is 1. The lowest BCUT2D eigenvalue weighted by molar-refractivity contribution is 0.0515. The molecule has 2 aromatic heterocycles. The molecule has 1 aliphatic heterocycles. The molecule has 2 amide bonds. The van der Waals surface area contributed by atoms with Gasteiger partial charge in [-0.15, -0.1) is 0 Å². The fourth-order valence-electron chi connectivity index (χ4n) is 3.24. The molecule has 4 rings (SSSR count). The summed E-state index contributed by atoms with van der Waals surface area (Å²) in [5.74, 6) is -0.0694. The summed E-state index contributed by atoms with van der Waals surface area (Å²) in [5, 5.41) is 1.32. The zero-order valence-corrected chi connectivity index (χ0v) is 15.4. The minimum atomic E-state index is -0.189. The Kier molecular flexibility index (Phi) is 4.53. The van der Waals surface area contributed by atoms with Crippen molar-refractivity contribution >= 4 is 34.4 Å². The Morgan fingerprint density at radius 1 is 1.07 bits per heavy atom. The summed E-state index contributed by atoms with van der Waals surface area (Å²) < 4.78 is 5.77. The van der Waals surface area contributed by atoms with E-state index < -0.39 is 0 Å². The number of benzene rings is 1. The SMILES string of the molecule is Cc1c(C(=O)N2CCN(C(=O)c3cnccn3)CC2)oc2c(Cl)cccc12. The fourth-order valence-corrected chi connectivity index (χ4v) is 3.45. The topological polar surface area (TPSA) is 79.5 Å². The van der Waals surface area contributed by atoms with Crippen molar-refractivity contribution in [2.45, 2.75) is 6.92 Å². The number of hydrogen-bond donors (Lipinski definition) is 0. The Bertz CT molecular complexity index is 1010. The maximum Gasteiger partial charge on any atom is 0.290 e. The van der Waals surface area contributed by atoms with Gasteiger partial charge in [0, 0.05) is 49.5 Å². The van der Waals surface area contributed by atoms with Crippen molar-refractivity contribution in [2.75, 3.05) is 26.2 Å². The monoisotopic (exact) mass is 384 g/mol. The summed E-state index contributed by atoms with van der Waals surface area (Å²) in [6.07, 6.45) is 4.46. The molecule has 0 spiro atoms. The largest absolute Gasteiger partial charge is 0.449 e. The summed E-state index contributed by atoms with van der Waals surface area (Å²) >= 11 is 6.17. The molecule has 1 fully saturated rings. The average molecular weight is 385 g/mol. The maximum atomic E-state index is 12.9. The number of aromatic nitrogens is 2. The van der Waals surface area contributed by atoms with Crippen molar-refractivity contribution < 1.29 is 14.0 Å². The normalized spacial score (nSPS) is 14.6. The van der Waals surface area contributed by atoms with Gasteiger partial charge in [-0.1, -0.05) is 23.7 Å². The number of halogens is 1. The number of hydrogen-bond acceptors (Lipinski definition) is 5. The standard InChI is InChI=1S/C19H17ClN4O3/c1-12-13-3-2-4-14(20)17(13)27-16(12)19(26)24-9-7-23(8-10-24)18(25)15-11-21-5-6-22-15/h2-6,11H,7-10H2,1H3. The zero-order valence-electron chi connectivity index (χ0n) is 14.7. The molecule has 0 bridgehead atoms. The number of piperazine rings is 1. The van der Waals surface area contributed by atoms with Crippen LogP contribution < -0.4 is 0 Å². The van der Waals surface area contributed by atoms with Crippen LogP contribution in [0.1, 0.15) is 26.6 Å². The van der Waals surface area contributed by atoms with Crippen molar-refractivity contribution in [1.82, 2.24) is 19.8 Å². The molecule has 0 unspecified atom stereocenters. The summed E-state index contributed by atoms with van der Waals surface area (Å²) in [6, 6.07) is 5.45. The van der Waals surface area contributed by atoms with Gasteiger partial charge in [0.25, 0.3) is 11.8 Å². The van der Waals surface area contributed by atoms with Crippen LogP contribution in [0.15, 0.2) is 41.2 Å². The van der Waals surface area contributed by atoms with Crippen molar-refractivity contribution in [3.05, 3.63) is 58.8 Å². The van der Waals surface area contributed by atoms with E-state index in [1.807, 2.05) is 19.1 Å². The first-order chi connectivity index (χ1) is 13.1. The van der Waals surface area contributed by atoms with E-state index in [4.69, 9.17) is 16.0 Å². The van der Waals surface area contributed by atoms with Crippen LogP contribution >= 0.6 is 11.6 Å². The summed E-state index contributed by atoms with van der Waals surface area (Å²) in [6.45, 7) is 3.57. The number of nitrogens with zero attached hydrogens (tertiary/aromatic N) is 4. The quantitative estimate of drug-likeness (QED) is 0.678. The number of carbonyl (C=O) groups excluding carboxylic acids is 2. The first-order valence-electron chi connectivity index (χ1n) is 8.58. The number of para-hydroxylation sites is 1. The Hall–Kier alpha value is -2.93. The van der Waals surface area contributed by atoms with Gasteiger partial charge in [-0.2, -0.15) is 0 Å². The minimum absolute atomic E-state index is 0.179. The van der Waals surface area contributed by atoms with Crippen LogP contribution in [-0.2, 0) is 0 Å². The molecule has 27 heavy (non-hydrogen) atoms. The van der Waals surface area contributed by atoms with E-state index in [2.05, 4.69) is 9.97 Å². The van der Waals surface area contributed by atoms with E-state index in [1.165, 1.54) is 18.6 Å². The first-order valence-corrected chi connectivity index (χ1v) is 8.96. The van der Waals surface area contributed by atoms with Crippen LogP contribution in [-0.4, -0.2) is 57.8 Å². The Labute approximate surface area is 160 Å². The highest BCUT2D eigenvalue weighted by atomic mass is 35.5. The Morgan fingerprint density at radius 2 is 1.78 bits per heavy atom. The summed E-state index contributed by atoms with van der Waals surface area (Å²) in [4.78, 5) is 36.7. The number of amides is 2. The molecule has 3 heterocycles. The van der Waals surface area contributed by atoms with E-state index in [0.29, 0.717) is 48.2 Å². The van der Waals surface area contributed by atoms with E-state index in [0.717, 1.165) is 10.9 Å². The predicted octanol–water partition coefficient (Wildman–Crippen LogP) is 2.78. The molecule has 0 N–H and O–H groups in total. The first kappa shape index (κ1) is 17.5. The van der Waals surface area contributed by atoms with Gasteiger partial charge in [0.05, 0.1) is 11.2 Å². The second-order valence-corrected chi connectivity index (χ2v) is 6.75. The van der Waals surface area contributed by atoms with Gasteiger partial charge >= 0.3 is 0 Å². The molecule has 0 saturated carbocycles. The second kappa shape index (κ2) is 7.00. The number of rotatable bonds is 2. The third kappa shape index (κ3) is 3.14. The van der Waals surface area contributed by atoms with Crippen LogP contribution in [0.25, 0.3) is 11.0 Å². The van der Waals surface area contributed by atoms with Gasteiger partial charge in [0.15, 0.2) is 11.3 Å². The Morgan fingerprint density at radius 3 is 2.41 bits per heavy atom. The fraction of sp³-hybridized carbons (Fsp3) is 0.263. The van der Waals surface area contributed by atoms with Crippen LogP contribution in [0.4, 0.5) is 0 Å². The van der Waals surface area contributed by atoms with Gasteiger partial charge in [0.2, 0.25) is 0 Å². The zero-order chi connectivity index (χ0) is 19.0. The van der Waals surface area contributed by atoms with Crippen molar-refractivity contribution in [3.8, 4) is 0 Å². The molecule has 0 atom stereocenters. The van der Waals surface area contributed by atoms with Crippen molar-refractivity contribution in [2.24, 2.45) is 0 Å². The summed E-state index contributed by atoms with van der Waals surface area (Å²) in [5.41, 5.74) is 1.60. The Balaban J connectivity index is 1.49. The molecule has 1 aliphatic rings. The lowest BCUT2D eigenvalue weighted by atomic mass is 10.1. The lowest BCUT2D eigenvalue weighted by Gasteiger charge is -2.34. The van der Waals surface area contributed by atoms with Gasteiger partial charge in [-0.05, 0) is 13.0 Å². The third-order valence-electron chi connectivity index (χ3n) is 4.75. The molecule has 1 aromatic carbocycles. The number of furan rings is 1. The van der Waals surface area contributed by atoms with Crippen LogP contribution in [0.2, 0.25) is 5.02 Å². The van der Waals surface area contributed by atoms with E-state index in [1.54, 1.807) is 15.9 Å². The highest BCUT2D eigenvalue weighted by Crippen LogP contribution is 2.31. The van der Waals surface area contributed by atoms with Crippen LogP contribution in [0, 0.1) is 6.92 Å². The second-order valence-electron chi connectivity index (χ2n) is 6.35. The average Bonchev–Trinajstić information content (AvgIpc) is 3.06. The lowest BCUT2D eigenvalue weighted by Crippen LogP contribution is -2.50. The van der Waals surface area contributed by atoms with E-state index in [9.17, 15) is 9.59 Å². The summed E-state index contributed by atoms with van der Waals surface area (Å²) in [7, 11) is 0. The van der Waals surface area contributed by atoms with Gasteiger partial charge in [-0.25, -0.2) is 4.98 Å². The maximum absolute atomic E-state index is 12.9. The molecule has 0 radical (unpaired) electrons. The predicted molar refractivity (Wildman–Crippen MR) is 99.8 cm³/mol. The highest BCUT2D eigenvalue weighted by molar-refractivity contribution is 6.35. The number of carbonyl (C=O) groups is 2. The van der Waals surface area contributed by atoms with Gasteiger partial charge in [-0.3, -0.25) is 14.6 Å². The highest BCUT2D eigenvalue weighted by Gasteiger charge is 2.29. The van der Waals surface area contributed by atoms with E-state index in [-0.39, 0.29) is 11.8 Å². The van der Waals surface area contributed by atoms with Gasteiger partial charge < -0.3 is 14.2 Å². The van der Waals surface area contributed by atoms with Crippen LogP contribution in [0.5, 0.6) is 0 Å². The van der Waals surface area contributed by atoms with Crippen molar-refractivity contribution in [3.63, 3.8) is 0 Å². The molecule has 1 saturated heterocycles. The van der Waals surface area contributed by atoms with Crippen molar-refractivity contribution in [1.29, 1.82) is 0 Å². The smallest absolute Gasteiger partial charge is 0.290 e. The van der Waals surface area contributed by atoms with Gasteiger partial charge in [0.1, 0.15) is 5.69 Å². The number of fused-ring (bicyclic) bond motifs is 1. The van der Waals surface area contributed by atoms with Crippen LogP contribution in [0.3, 0.4) is 0 Å². The molecule has 0 aliphatic carbocycles. The molecule has 7 nitrogen and oxygen atoms in total. The molecule has 138 valence electrons. The molecular weight excluding hydrogens is 368 g/mol.